The summed E-state index contributed by atoms with van der Waals surface area (Å²) in [6.45, 7) is 6.64. The van der Waals surface area contributed by atoms with Gasteiger partial charge in [-0.05, 0) is 6.42 Å². The van der Waals surface area contributed by atoms with E-state index >= 15 is 0 Å². The van der Waals surface area contributed by atoms with Crippen LogP contribution in [0.1, 0.15) is 45.4 Å². The van der Waals surface area contributed by atoms with Gasteiger partial charge >= 0.3 is 0 Å². The van der Waals surface area contributed by atoms with Gasteiger partial charge < -0.3 is 15.6 Å². The monoisotopic (exact) mass is 266 g/mol. The van der Waals surface area contributed by atoms with Crippen LogP contribution in [0.2, 0.25) is 0 Å². The summed E-state index contributed by atoms with van der Waals surface area (Å²) >= 11 is 0. The number of unbranched alkanes of at least 4 members (excludes halogenated alkanes) is 3. The zero-order valence-electron chi connectivity index (χ0n) is 12.1. The van der Waals surface area contributed by atoms with Crippen LogP contribution in [0.3, 0.4) is 0 Å². The fourth-order valence-corrected chi connectivity index (χ4v) is 1.84. The molecule has 108 valence electrons. The van der Waals surface area contributed by atoms with E-state index in [-0.39, 0.29) is 0 Å². The number of nitrogens with zero attached hydrogens (tertiary/aromatic N) is 4. The minimum atomic E-state index is 0.530. The molecule has 0 bridgehead atoms. The molecule has 0 amide bonds. The topological polar surface area (TPSA) is 81.1 Å². The Kier molecular flexibility index (Phi) is 7.62. The summed E-state index contributed by atoms with van der Waals surface area (Å²) in [4.78, 5) is 4.30. The maximum atomic E-state index is 5.80. The van der Waals surface area contributed by atoms with E-state index in [1.54, 1.807) is 6.33 Å². The zero-order chi connectivity index (χ0) is 13.9. The van der Waals surface area contributed by atoms with Crippen LogP contribution in [0.5, 0.6) is 0 Å². The van der Waals surface area contributed by atoms with Gasteiger partial charge in [-0.2, -0.15) is 0 Å². The standard InChI is InChI=1S/C13H26N6/c1-3-5-6-7-8-15-13(14)16-9-10-19-11-17-18-12(19)4-2/h11H,3-10H2,1-2H3,(H3,14,15,16). The molecule has 6 nitrogen and oxygen atoms in total. The lowest BCUT2D eigenvalue weighted by Gasteiger charge is -2.07. The molecule has 0 unspecified atom stereocenters. The molecule has 1 heterocycles. The maximum absolute atomic E-state index is 5.80. The summed E-state index contributed by atoms with van der Waals surface area (Å²) < 4.78 is 2.03. The van der Waals surface area contributed by atoms with Crippen LogP contribution in [0.15, 0.2) is 11.3 Å². The van der Waals surface area contributed by atoms with Crippen molar-refractivity contribution in [3.63, 3.8) is 0 Å². The molecular weight excluding hydrogens is 240 g/mol. The Morgan fingerprint density at radius 1 is 1.37 bits per heavy atom. The number of nitrogens with two attached hydrogens (primary N) is 1. The van der Waals surface area contributed by atoms with Crippen LogP contribution in [0.4, 0.5) is 0 Å². The summed E-state index contributed by atoms with van der Waals surface area (Å²) in [6.07, 6.45) is 7.50. The molecule has 19 heavy (non-hydrogen) atoms. The molecule has 0 aliphatic rings. The quantitative estimate of drug-likeness (QED) is 0.401. The molecule has 0 spiro atoms. The Morgan fingerprint density at radius 2 is 2.21 bits per heavy atom. The molecule has 0 radical (unpaired) electrons. The first kappa shape index (κ1) is 15.5. The van der Waals surface area contributed by atoms with Crippen LogP contribution in [-0.2, 0) is 13.0 Å². The van der Waals surface area contributed by atoms with Crippen LogP contribution < -0.4 is 11.1 Å². The second-order valence-electron chi connectivity index (χ2n) is 4.55. The summed E-state index contributed by atoms with van der Waals surface area (Å²) in [5, 5.41) is 11.0. The van der Waals surface area contributed by atoms with E-state index in [1.165, 1.54) is 19.3 Å². The van der Waals surface area contributed by atoms with Crippen LogP contribution in [-0.4, -0.2) is 33.8 Å². The maximum Gasteiger partial charge on any atom is 0.188 e. The number of aliphatic imine (C=N–C) groups is 1. The molecule has 1 rings (SSSR count). The van der Waals surface area contributed by atoms with Crippen molar-refractivity contribution in [3.05, 3.63) is 12.2 Å². The third-order valence-corrected chi connectivity index (χ3v) is 2.96. The largest absolute Gasteiger partial charge is 0.370 e. The van der Waals surface area contributed by atoms with E-state index in [4.69, 9.17) is 5.73 Å². The van der Waals surface area contributed by atoms with Crippen molar-refractivity contribution in [2.75, 3.05) is 13.1 Å². The van der Waals surface area contributed by atoms with Gasteiger partial charge in [-0.3, -0.25) is 4.99 Å². The smallest absolute Gasteiger partial charge is 0.188 e. The molecule has 3 N–H and O–H groups in total. The van der Waals surface area contributed by atoms with Gasteiger partial charge in [0.15, 0.2) is 5.96 Å². The van der Waals surface area contributed by atoms with Crippen LogP contribution >= 0.6 is 0 Å². The highest BCUT2D eigenvalue weighted by atomic mass is 15.3. The Hall–Kier alpha value is -1.59. The molecule has 0 aromatic carbocycles. The Bertz CT molecular complexity index is 371. The molecule has 0 atom stereocenters. The van der Waals surface area contributed by atoms with Crippen LogP contribution in [0, 0.1) is 0 Å². The van der Waals surface area contributed by atoms with Crippen molar-refractivity contribution in [1.29, 1.82) is 0 Å². The van der Waals surface area contributed by atoms with E-state index in [9.17, 15) is 0 Å². The molecule has 1 aromatic rings. The fraction of sp³-hybridized carbons (Fsp3) is 0.769. The van der Waals surface area contributed by atoms with Crippen molar-refractivity contribution in [2.45, 2.75) is 52.5 Å². The highest BCUT2D eigenvalue weighted by Gasteiger charge is 2.00. The van der Waals surface area contributed by atoms with Gasteiger partial charge in [-0.25, -0.2) is 0 Å². The summed E-state index contributed by atoms with van der Waals surface area (Å²) in [5.74, 6) is 1.53. The van der Waals surface area contributed by atoms with Gasteiger partial charge in [0.2, 0.25) is 0 Å². The second kappa shape index (κ2) is 9.35. The number of hydrogen-bond acceptors (Lipinski definition) is 3. The predicted molar refractivity (Wildman–Crippen MR) is 78.0 cm³/mol. The molecule has 0 saturated carbocycles. The molecule has 0 fully saturated rings. The van der Waals surface area contributed by atoms with E-state index in [2.05, 4.69) is 34.4 Å². The fourth-order valence-electron chi connectivity index (χ4n) is 1.84. The van der Waals surface area contributed by atoms with E-state index in [1.807, 2.05) is 4.57 Å². The second-order valence-corrected chi connectivity index (χ2v) is 4.55. The highest BCUT2D eigenvalue weighted by Crippen LogP contribution is 1.98. The Labute approximate surface area is 115 Å². The first-order chi connectivity index (χ1) is 9.27. The number of rotatable bonds is 9. The average Bonchev–Trinajstić information content (AvgIpc) is 2.86. The number of nitrogens with one attached hydrogen (secondary N) is 1. The average molecular weight is 266 g/mol. The number of aryl methyl sites for hydroxylation is 1. The van der Waals surface area contributed by atoms with Gasteiger partial charge in [0.05, 0.1) is 0 Å². The highest BCUT2D eigenvalue weighted by molar-refractivity contribution is 5.77. The summed E-state index contributed by atoms with van der Waals surface area (Å²) in [5.41, 5.74) is 5.80. The first-order valence-electron chi connectivity index (χ1n) is 7.18. The van der Waals surface area contributed by atoms with Crippen molar-refractivity contribution < 1.29 is 0 Å². The predicted octanol–water partition coefficient (Wildman–Crippen LogP) is 1.33. The zero-order valence-corrected chi connectivity index (χ0v) is 12.1. The van der Waals surface area contributed by atoms with Gasteiger partial charge in [0.1, 0.15) is 12.2 Å². The lowest BCUT2D eigenvalue weighted by molar-refractivity contribution is 0.636. The lowest BCUT2D eigenvalue weighted by atomic mass is 10.2. The summed E-state index contributed by atoms with van der Waals surface area (Å²) in [6, 6.07) is 0. The van der Waals surface area contributed by atoms with E-state index in [0.29, 0.717) is 5.96 Å². The van der Waals surface area contributed by atoms with Gasteiger partial charge in [-0.15, -0.1) is 10.2 Å². The van der Waals surface area contributed by atoms with E-state index in [0.717, 1.165) is 38.3 Å². The molecule has 0 aliphatic heterocycles. The van der Waals surface area contributed by atoms with Gasteiger partial charge in [-0.1, -0.05) is 33.1 Å². The normalized spacial score (nSPS) is 11.8. The number of guanidine groups is 1. The van der Waals surface area contributed by atoms with E-state index < -0.39 is 0 Å². The molecule has 1 aromatic heterocycles. The summed E-state index contributed by atoms with van der Waals surface area (Å²) in [7, 11) is 0. The van der Waals surface area contributed by atoms with Crippen molar-refractivity contribution in [3.8, 4) is 0 Å². The lowest BCUT2D eigenvalue weighted by Crippen LogP contribution is -2.34. The van der Waals surface area contributed by atoms with Crippen LogP contribution in [0.25, 0.3) is 0 Å². The van der Waals surface area contributed by atoms with Gasteiger partial charge in [0.25, 0.3) is 0 Å². The van der Waals surface area contributed by atoms with Gasteiger partial charge in [0, 0.05) is 26.1 Å². The Balaban J connectivity index is 2.16. The van der Waals surface area contributed by atoms with Crippen molar-refractivity contribution >= 4 is 5.96 Å². The van der Waals surface area contributed by atoms with Crippen molar-refractivity contribution in [1.82, 2.24) is 20.1 Å². The Morgan fingerprint density at radius 3 is 2.95 bits per heavy atom. The first-order valence-corrected chi connectivity index (χ1v) is 7.18. The number of aromatic nitrogens is 3. The third kappa shape index (κ3) is 6.22. The minimum Gasteiger partial charge on any atom is -0.370 e. The molecular formula is C13H26N6. The van der Waals surface area contributed by atoms with Crippen molar-refractivity contribution in [2.24, 2.45) is 10.7 Å². The SMILES string of the molecule is CCCCCCN=C(N)NCCn1cnnc1CC. The molecule has 6 heteroatoms. The molecule has 0 saturated heterocycles. The molecule has 0 aliphatic carbocycles. The third-order valence-electron chi connectivity index (χ3n) is 2.96. The minimum absolute atomic E-state index is 0.530. The number of hydrogen-bond donors (Lipinski definition) is 2.